The third kappa shape index (κ3) is 5.71. The number of hydrogen-bond acceptors (Lipinski definition) is 7. The molecule has 1 atom stereocenters. The second kappa shape index (κ2) is 9.76. The van der Waals surface area contributed by atoms with Crippen LogP contribution >= 0.6 is 0 Å². The summed E-state index contributed by atoms with van der Waals surface area (Å²) in [5.41, 5.74) is 0.847. The molecule has 0 amide bonds. The van der Waals surface area contributed by atoms with Crippen LogP contribution in [0, 0.1) is 5.92 Å². The third-order valence-corrected chi connectivity index (χ3v) is 5.98. The molecule has 8 nitrogen and oxygen atoms in total. The number of esters is 1. The summed E-state index contributed by atoms with van der Waals surface area (Å²) in [5, 5.41) is 0. The van der Waals surface area contributed by atoms with Crippen molar-refractivity contribution < 1.29 is 27.1 Å². The quantitative estimate of drug-likeness (QED) is 0.504. The summed E-state index contributed by atoms with van der Waals surface area (Å²) in [4.78, 5) is 16.7. The van der Waals surface area contributed by atoms with Crippen molar-refractivity contribution in [2.45, 2.75) is 31.4 Å². The maximum atomic E-state index is 12.7. The highest BCUT2D eigenvalue weighted by Crippen LogP contribution is 2.21. The molecule has 0 radical (unpaired) electrons. The number of sulfonamides is 1. The molecule has 0 spiro atoms. The Hall–Kier alpha value is -3.17. The molecule has 1 heterocycles. The van der Waals surface area contributed by atoms with Gasteiger partial charge in [-0.1, -0.05) is 44.2 Å². The van der Waals surface area contributed by atoms with E-state index in [4.69, 9.17) is 13.9 Å². The second-order valence-corrected chi connectivity index (χ2v) is 8.82. The van der Waals surface area contributed by atoms with Gasteiger partial charge in [-0.05, 0) is 30.2 Å². The SMILES string of the molecule is COc1ccc(S(=O)(=O)NC(C(=O)OCc2ncc(-c3ccccc3)o2)C(C)C)cc1. The Morgan fingerprint density at radius 1 is 1.10 bits per heavy atom. The first-order chi connectivity index (χ1) is 14.8. The van der Waals surface area contributed by atoms with Gasteiger partial charge in [0.05, 0.1) is 18.2 Å². The lowest BCUT2D eigenvalue weighted by Gasteiger charge is -2.20. The minimum Gasteiger partial charge on any atom is -0.497 e. The average Bonchev–Trinajstić information content (AvgIpc) is 3.25. The van der Waals surface area contributed by atoms with Crippen LogP contribution in [0.4, 0.5) is 0 Å². The summed E-state index contributed by atoms with van der Waals surface area (Å²) in [6.07, 6.45) is 1.55. The molecule has 3 rings (SSSR count). The molecule has 3 aromatic rings. The highest BCUT2D eigenvalue weighted by atomic mass is 32.2. The fourth-order valence-electron chi connectivity index (χ4n) is 2.78. The predicted molar refractivity (Wildman–Crippen MR) is 114 cm³/mol. The lowest BCUT2D eigenvalue weighted by Crippen LogP contribution is -2.45. The third-order valence-electron chi connectivity index (χ3n) is 4.52. The van der Waals surface area contributed by atoms with E-state index >= 15 is 0 Å². The number of methoxy groups -OCH3 is 1. The molecule has 0 aliphatic heterocycles. The standard InChI is InChI=1S/C22H24N2O6S/c1-15(2)21(24-31(26,27)18-11-9-17(28-3)10-12-18)22(25)29-14-20-23-13-19(30-20)16-7-5-4-6-8-16/h4-13,15,21,24H,14H2,1-3H3. The first kappa shape index (κ1) is 22.5. The van der Waals surface area contributed by atoms with Crippen molar-refractivity contribution in [1.29, 1.82) is 0 Å². The molecule has 1 aromatic heterocycles. The molecule has 164 valence electrons. The maximum absolute atomic E-state index is 12.7. The largest absolute Gasteiger partial charge is 0.497 e. The minimum atomic E-state index is -3.93. The fourth-order valence-corrected chi connectivity index (χ4v) is 4.12. The molecule has 0 saturated carbocycles. The van der Waals surface area contributed by atoms with Crippen LogP contribution in [0.2, 0.25) is 0 Å². The smallest absolute Gasteiger partial charge is 0.324 e. The van der Waals surface area contributed by atoms with Crippen LogP contribution in [0.15, 0.2) is 70.1 Å². The first-order valence-corrected chi connectivity index (χ1v) is 11.1. The molecule has 9 heteroatoms. The fraction of sp³-hybridized carbons (Fsp3) is 0.273. The number of carbonyl (C=O) groups is 1. The molecule has 0 fully saturated rings. The van der Waals surface area contributed by atoms with Gasteiger partial charge in [-0.2, -0.15) is 4.72 Å². The zero-order valence-electron chi connectivity index (χ0n) is 17.4. The number of carbonyl (C=O) groups excluding carboxylic acids is 1. The molecule has 1 N–H and O–H groups in total. The van der Waals surface area contributed by atoms with Gasteiger partial charge >= 0.3 is 5.97 Å². The molecule has 0 saturated heterocycles. The lowest BCUT2D eigenvalue weighted by atomic mass is 10.1. The van der Waals surface area contributed by atoms with E-state index in [1.54, 1.807) is 20.0 Å². The van der Waals surface area contributed by atoms with Gasteiger partial charge in [0.1, 0.15) is 11.8 Å². The summed E-state index contributed by atoms with van der Waals surface area (Å²) in [7, 11) is -2.45. The van der Waals surface area contributed by atoms with Crippen molar-refractivity contribution in [3.63, 3.8) is 0 Å². The van der Waals surface area contributed by atoms with Crippen molar-refractivity contribution in [2.24, 2.45) is 5.92 Å². The molecule has 2 aromatic carbocycles. The average molecular weight is 445 g/mol. The number of hydrogen-bond donors (Lipinski definition) is 1. The molecule has 0 aliphatic rings. The molecule has 1 unspecified atom stereocenters. The number of benzene rings is 2. The van der Waals surface area contributed by atoms with E-state index in [0.717, 1.165) is 5.56 Å². The van der Waals surface area contributed by atoms with Crippen molar-refractivity contribution in [3.8, 4) is 17.1 Å². The molecular weight excluding hydrogens is 420 g/mol. The summed E-state index contributed by atoms with van der Waals surface area (Å²) in [6, 6.07) is 14.2. The van der Waals surface area contributed by atoms with E-state index in [2.05, 4.69) is 9.71 Å². The van der Waals surface area contributed by atoms with Crippen molar-refractivity contribution in [1.82, 2.24) is 9.71 Å². The zero-order chi connectivity index (χ0) is 22.4. The van der Waals surface area contributed by atoms with Gasteiger partial charge in [-0.3, -0.25) is 4.79 Å². The van der Waals surface area contributed by atoms with Gasteiger partial charge in [-0.15, -0.1) is 0 Å². The first-order valence-electron chi connectivity index (χ1n) is 9.63. The molecule has 0 bridgehead atoms. The van der Waals surface area contributed by atoms with Gasteiger partial charge in [0.15, 0.2) is 12.4 Å². The Morgan fingerprint density at radius 2 is 1.77 bits per heavy atom. The number of ether oxygens (including phenoxy) is 2. The van der Waals surface area contributed by atoms with Crippen molar-refractivity contribution >= 4 is 16.0 Å². The maximum Gasteiger partial charge on any atom is 0.324 e. The van der Waals surface area contributed by atoms with Crippen molar-refractivity contribution in [2.75, 3.05) is 7.11 Å². The van der Waals surface area contributed by atoms with Crippen LogP contribution < -0.4 is 9.46 Å². The van der Waals surface area contributed by atoms with Gasteiger partial charge in [0.2, 0.25) is 15.9 Å². The van der Waals surface area contributed by atoms with E-state index in [1.807, 2.05) is 30.3 Å². The lowest BCUT2D eigenvalue weighted by molar-refractivity contribution is -0.148. The highest BCUT2D eigenvalue weighted by molar-refractivity contribution is 7.89. The van der Waals surface area contributed by atoms with Gasteiger partial charge in [-0.25, -0.2) is 13.4 Å². The van der Waals surface area contributed by atoms with Crippen LogP contribution in [-0.2, 0) is 26.2 Å². The van der Waals surface area contributed by atoms with Crippen LogP contribution in [0.5, 0.6) is 5.75 Å². The van der Waals surface area contributed by atoms with E-state index < -0.39 is 22.0 Å². The van der Waals surface area contributed by atoms with E-state index in [-0.39, 0.29) is 23.3 Å². The number of oxazole rings is 1. The Bertz CT molecular complexity index is 1110. The number of aromatic nitrogens is 1. The zero-order valence-corrected chi connectivity index (χ0v) is 18.3. The summed E-state index contributed by atoms with van der Waals surface area (Å²) < 4.78 is 43.7. The molecule has 31 heavy (non-hydrogen) atoms. The molecular formula is C22H24N2O6S. The number of nitrogens with zero attached hydrogens (tertiary/aromatic N) is 1. The monoisotopic (exact) mass is 444 g/mol. The van der Waals surface area contributed by atoms with Crippen molar-refractivity contribution in [3.05, 3.63) is 66.7 Å². The van der Waals surface area contributed by atoms with E-state index in [9.17, 15) is 13.2 Å². The highest BCUT2D eigenvalue weighted by Gasteiger charge is 2.30. The van der Waals surface area contributed by atoms with Gasteiger partial charge in [0, 0.05) is 5.56 Å². The minimum absolute atomic E-state index is 0.0203. The van der Waals surface area contributed by atoms with Gasteiger partial charge in [0.25, 0.3) is 0 Å². The van der Waals surface area contributed by atoms with E-state index in [0.29, 0.717) is 11.5 Å². The normalized spacial score (nSPS) is 12.5. The Morgan fingerprint density at radius 3 is 2.39 bits per heavy atom. The van der Waals surface area contributed by atoms with Crippen LogP contribution in [-0.4, -0.2) is 32.5 Å². The topological polar surface area (TPSA) is 108 Å². The predicted octanol–water partition coefficient (Wildman–Crippen LogP) is 3.40. The number of rotatable bonds is 9. The van der Waals surface area contributed by atoms with Gasteiger partial charge < -0.3 is 13.9 Å². The summed E-state index contributed by atoms with van der Waals surface area (Å²) in [5.74, 6) is 0.232. The Balaban J connectivity index is 1.66. The molecule has 0 aliphatic carbocycles. The van der Waals surface area contributed by atoms with E-state index in [1.165, 1.54) is 31.4 Å². The second-order valence-electron chi connectivity index (χ2n) is 7.11. The number of nitrogens with one attached hydrogen (secondary N) is 1. The summed E-state index contributed by atoms with van der Waals surface area (Å²) in [6.45, 7) is 3.24. The Kier molecular flexibility index (Phi) is 7.09. The van der Waals surface area contributed by atoms with Crippen LogP contribution in [0.3, 0.4) is 0 Å². The summed E-state index contributed by atoms with van der Waals surface area (Å²) >= 11 is 0. The van der Waals surface area contributed by atoms with Crippen LogP contribution in [0.25, 0.3) is 11.3 Å². The van der Waals surface area contributed by atoms with Crippen LogP contribution in [0.1, 0.15) is 19.7 Å². The Labute approximate surface area is 181 Å².